The molecule has 0 fully saturated rings. The number of ether oxygens (including phenoxy) is 3. The van der Waals surface area contributed by atoms with Crippen LogP contribution in [-0.2, 0) is 0 Å². The molecule has 7 heteroatoms. The maximum absolute atomic E-state index is 11.0. The van der Waals surface area contributed by atoms with E-state index in [1.54, 1.807) is 55.6 Å². The monoisotopic (exact) mass is 360 g/mol. The lowest BCUT2D eigenvalue weighted by Gasteiger charge is -2.14. The Hall–Kier alpha value is -2.77. The Morgan fingerprint density at radius 1 is 1.04 bits per heavy atom. The third-order valence-electron chi connectivity index (χ3n) is 3.57. The Kier molecular flexibility index (Phi) is 7.73. The van der Waals surface area contributed by atoms with Crippen molar-refractivity contribution in [2.75, 3.05) is 33.4 Å². The highest BCUT2D eigenvalue weighted by atomic mass is 16.5. The van der Waals surface area contributed by atoms with E-state index in [9.17, 15) is 9.90 Å². The van der Waals surface area contributed by atoms with Gasteiger partial charge in [-0.1, -0.05) is 0 Å². The lowest BCUT2D eigenvalue weighted by atomic mass is 10.2. The topological polar surface area (TPSA) is 103 Å². The molecule has 0 spiro atoms. The first kappa shape index (κ1) is 19.6. The van der Waals surface area contributed by atoms with Crippen molar-refractivity contribution in [2.45, 2.75) is 6.10 Å². The third kappa shape index (κ3) is 6.62. The quantitative estimate of drug-likeness (QED) is 0.521. The van der Waals surface area contributed by atoms with Crippen LogP contribution in [-0.4, -0.2) is 50.5 Å². The van der Waals surface area contributed by atoms with E-state index in [4.69, 9.17) is 19.9 Å². The molecule has 0 heterocycles. The van der Waals surface area contributed by atoms with E-state index in [1.807, 2.05) is 0 Å². The van der Waals surface area contributed by atoms with Gasteiger partial charge in [-0.15, -0.1) is 0 Å². The zero-order valence-corrected chi connectivity index (χ0v) is 14.7. The fraction of sp³-hybridized carbons (Fsp3) is 0.316. The van der Waals surface area contributed by atoms with Crippen LogP contribution in [0.15, 0.2) is 48.5 Å². The largest absolute Gasteiger partial charge is 0.497 e. The van der Waals surface area contributed by atoms with Gasteiger partial charge in [0.15, 0.2) is 0 Å². The number of methoxy groups -OCH3 is 1. The van der Waals surface area contributed by atoms with E-state index in [2.05, 4.69) is 5.32 Å². The van der Waals surface area contributed by atoms with Gasteiger partial charge < -0.3 is 30.4 Å². The van der Waals surface area contributed by atoms with E-state index in [-0.39, 0.29) is 6.61 Å². The van der Waals surface area contributed by atoms with Gasteiger partial charge in [0, 0.05) is 18.7 Å². The molecule has 2 aromatic rings. The van der Waals surface area contributed by atoms with Crippen molar-refractivity contribution >= 4 is 5.91 Å². The smallest absolute Gasteiger partial charge is 0.248 e. The predicted molar refractivity (Wildman–Crippen MR) is 97.8 cm³/mol. The van der Waals surface area contributed by atoms with Gasteiger partial charge in [-0.25, -0.2) is 0 Å². The van der Waals surface area contributed by atoms with E-state index in [0.717, 1.165) is 5.75 Å². The van der Waals surface area contributed by atoms with E-state index in [0.29, 0.717) is 36.8 Å². The molecule has 2 aromatic carbocycles. The fourth-order valence-corrected chi connectivity index (χ4v) is 2.15. The molecule has 0 radical (unpaired) electrons. The molecule has 0 aromatic heterocycles. The summed E-state index contributed by atoms with van der Waals surface area (Å²) < 4.78 is 16.1. The molecule has 4 N–H and O–H groups in total. The van der Waals surface area contributed by atoms with Crippen LogP contribution in [0.3, 0.4) is 0 Å². The number of aliphatic hydroxyl groups is 1. The molecule has 7 nitrogen and oxygen atoms in total. The molecule has 0 bridgehead atoms. The van der Waals surface area contributed by atoms with Crippen molar-refractivity contribution in [3.63, 3.8) is 0 Å². The first-order valence-electron chi connectivity index (χ1n) is 8.27. The van der Waals surface area contributed by atoms with Crippen LogP contribution in [0.5, 0.6) is 17.2 Å². The molecule has 0 aliphatic rings. The van der Waals surface area contributed by atoms with Crippen molar-refractivity contribution in [3.8, 4) is 17.2 Å². The molecular weight excluding hydrogens is 336 g/mol. The first-order chi connectivity index (χ1) is 12.6. The van der Waals surface area contributed by atoms with Crippen LogP contribution in [0.25, 0.3) is 0 Å². The Bertz CT molecular complexity index is 673. The fourth-order valence-electron chi connectivity index (χ4n) is 2.15. The molecule has 0 aliphatic carbocycles. The standard InChI is InChI=1S/C19H24N2O5/c1-24-16-6-8-18(9-7-16)26-13-15(22)12-21-10-11-25-17-4-2-14(3-5-17)19(20)23/h2-9,15,21-22H,10-13H2,1H3,(H2,20,23)/t15-/m1/s1. The Morgan fingerprint density at radius 3 is 2.23 bits per heavy atom. The second-order valence-corrected chi connectivity index (χ2v) is 5.58. The summed E-state index contributed by atoms with van der Waals surface area (Å²) >= 11 is 0. The summed E-state index contributed by atoms with van der Waals surface area (Å²) in [5.74, 6) is 1.61. The summed E-state index contributed by atoms with van der Waals surface area (Å²) in [5.41, 5.74) is 5.62. The average Bonchev–Trinajstić information content (AvgIpc) is 2.67. The summed E-state index contributed by atoms with van der Waals surface area (Å²) in [4.78, 5) is 11.0. The number of amides is 1. The minimum Gasteiger partial charge on any atom is -0.497 e. The Morgan fingerprint density at radius 2 is 1.62 bits per heavy atom. The lowest BCUT2D eigenvalue weighted by Crippen LogP contribution is -2.33. The van der Waals surface area contributed by atoms with Gasteiger partial charge in [-0.05, 0) is 48.5 Å². The number of carbonyl (C=O) groups is 1. The van der Waals surface area contributed by atoms with E-state index in [1.165, 1.54) is 0 Å². The zero-order valence-electron chi connectivity index (χ0n) is 14.7. The molecule has 0 saturated carbocycles. The molecule has 26 heavy (non-hydrogen) atoms. The number of aliphatic hydroxyl groups excluding tert-OH is 1. The van der Waals surface area contributed by atoms with Crippen molar-refractivity contribution < 1.29 is 24.1 Å². The highest BCUT2D eigenvalue weighted by Crippen LogP contribution is 2.17. The van der Waals surface area contributed by atoms with Gasteiger partial charge in [-0.2, -0.15) is 0 Å². The van der Waals surface area contributed by atoms with Gasteiger partial charge in [0.2, 0.25) is 5.91 Å². The molecule has 140 valence electrons. The number of nitrogens with one attached hydrogen (secondary N) is 1. The van der Waals surface area contributed by atoms with Gasteiger partial charge >= 0.3 is 0 Å². The molecule has 1 atom stereocenters. The van der Waals surface area contributed by atoms with Crippen molar-refractivity contribution in [2.24, 2.45) is 5.73 Å². The first-order valence-corrected chi connectivity index (χ1v) is 8.27. The summed E-state index contributed by atoms with van der Waals surface area (Å²) in [6.45, 7) is 1.58. The zero-order chi connectivity index (χ0) is 18.8. The second kappa shape index (κ2) is 10.3. The molecular formula is C19H24N2O5. The maximum Gasteiger partial charge on any atom is 0.248 e. The number of rotatable bonds is 11. The van der Waals surface area contributed by atoms with Crippen molar-refractivity contribution in [1.29, 1.82) is 0 Å². The summed E-state index contributed by atoms with van der Waals surface area (Å²) in [6, 6.07) is 13.8. The van der Waals surface area contributed by atoms with Crippen LogP contribution >= 0.6 is 0 Å². The molecule has 0 aliphatic heterocycles. The van der Waals surface area contributed by atoms with E-state index < -0.39 is 12.0 Å². The van der Waals surface area contributed by atoms with Crippen LogP contribution < -0.4 is 25.3 Å². The maximum atomic E-state index is 11.0. The Balaban J connectivity index is 1.57. The van der Waals surface area contributed by atoms with Gasteiger partial charge in [0.25, 0.3) is 0 Å². The van der Waals surface area contributed by atoms with Gasteiger partial charge in [0.05, 0.1) is 7.11 Å². The highest BCUT2D eigenvalue weighted by Gasteiger charge is 2.05. The van der Waals surface area contributed by atoms with Crippen molar-refractivity contribution in [1.82, 2.24) is 5.32 Å². The number of hydrogen-bond donors (Lipinski definition) is 3. The lowest BCUT2D eigenvalue weighted by molar-refractivity contribution is 0.1000. The number of hydrogen-bond acceptors (Lipinski definition) is 6. The number of carbonyl (C=O) groups excluding carboxylic acids is 1. The van der Waals surface area contributed by atoms with Crippen LogP contribution in [0.1, 0.15) is 10.4 Å². The normalized spacial score (nSPS) is 11.6. The summed E-state index contributed by atoms with van der Waals surface area (Å²) in [6.07, 6.45) is -0.632. The van der Waals surface area contributed by atoms with Crippen LogP contribution in [0.2, 0.25) is 0 Å². The minimum absolute atomic E-state index is 0.189. The summed E-state index contributed by atoms with van der Waals surface area (Å²) in [7, 11) is 1.60. The van der Waals surface area contributed by atoms with Crippen LogP contribution in [0.4, 0.5) is 0 Å². The van der Waals surface area contributed by atoms with Gasteiger partial charge in [0.1, 0.15) is 36.6 Å². The highest BCUT2D eigenvalue weighted by molar-refractivity contribution is 5.92. The number of nitrogens with two attached hydrogens (primary N) is 1. The SMILES string of the molecule is COc1ccc(OC[C@H](O)CNCCOc2ccc(C(N)=O)cc2)cc1. The minimum atomic E-state index is -0.632. The molecule has 0 saturated heterocycles. The molecule has 0 unspecified atom stereocenters. The Labute approximate surface area is 152 Å². The molecule has 1 amide bonds. The van der Waals surface area contributed by atoms with Crippen molar-refractivity contribution in [3.05, 3.63) is 54.1 Å². The van der Waals surface area contributed by atoms with Crippen LogP contribution in [0, 0.1) is 0 Å². The number of primary amides is 1. The summed E-state index contributed by atoms with van der Waals surface area (Å²) in [5, 5.41) is 13.0. The number of benzene rings is 2. The average molecular weight is 360 g/mol. The molecule has 2 rings (SSSR count). The van der Waals surface area contributed by atoms with Gasteiger partial charge in [-0.3, -0.25) is 4.79 Å². The third-order valence-corrected chi connectivity index (χ3v) is 3.57. The predicted octanol–water partition coefficient (Wildman–Crippen LogP) is 1.20. The second-order valence-electron chi connectivity index (χ2n) is 5.58. The van der Waals surface area contributed by atoms with E-state index >= 15 is 0 Å².